The van der Waals surface area contributed by atoms with Gasteiger partial charge in [0, 0.05) is 38.3 Å². The molecule has 2 rings (SSSR count). The Labute approximate surface area is 143 Å². The summed E-state index contributed by atoms with van der Waals surface area (Å²) >= 11 is 0. The van der Waals surface area contributed by atoms with E-state index >= 15 is 0 Å². The molecule has 2 nitrogen and oxygen atoms in total. The van der Waals surface area contributed by atoms with E-state index in [-0.39, 0.29) is 61.2 Å². The maximum Gasteiger partial charge on any atom is 2.00 e. The number of nitrogens with zero attached hydrogens (tertiary/aromatic N) is 2. The Hall–Kier alpha value is -0.0378. The molecule has 0 unspecified atom stereocenters. The van der Waals surface area contributed by atoms with Gasteiger partial charge in [-0.15, -0.1) is 5.69 Å². The molecule has 17 heavy (non-hydrogen) atoms. The van der Waals surface area contributed by atoms with Crippen molar-refractivity contribution >= 4 is 0 Å². The molecule has 0 aliphatic heterocycles. The van der Waals surface area contributed by atoms with Gasteiger partial charge in [-0.1, -0.05) is 37.3 Å². The van der Waals surface area contributed by atoms with E-state index in [1.807, 2.05) is 37.3 Å². The molecule has 0 spiro atoms. The van der Waals surface area contributed by atoms with Crippen molar-refractivity contribution in [2.24, 2.45) is 0 Å². The molecule has 0 atom stereocenters. The first kappa shape index (κ1) is 19.3. The standard InChI is InChI=1S/C12H10N2.CH3.W.Y/c1-9-8-10(2)14-12(13-9)11-6-4-3-5-7-11;;;/h3-7H,1H2,2H3;1H3;;/q-2;-1;+2;. The Morgan fingerprint density at radius 3 is 2.24 bits per heavy atom. The van der Waals surface area contributed by atoms with E-state index in [4.69, 9.17) is 0 Å². The first-order valence-corrected chi connectivity index (χ1v) is 4.41. The van der Waals surface area contributed by atoms with E-state index in [9.17, 15) is 0 Å². The van der Waals surface area contributed by atoms with Gasteiger partial charge in [0.25, 0.3) is 0 Å². The van der Waals surface area contributed by atoms with Crippen LogP contribution in [0.15, 0.2) is 30.3 Å². The van der Waals surface area contributed by atoms with Gasteiger partial charge in [0.05, 0.1) is 0 Å². The van der Waals surface area contributed by atoms with E-state index in [0.29, 0.717) is 11.5 Å². The topological polar surface area (TPSA) is 25.8 Å². The third-order valence-electron chi connectivity index (χ3n) is 1.87. The van der Waals surface area contributed by atoms with Crippen molar-refractivity contribution in [1.82, 2.24) is 9.97 Å². The van der Waals surface area contributed by atoms with Crippen LogP contribution in [0.5, 0.6) is 0 Å². The van der Waals surface area contributed by atoms with E-state index < -0.39 is 0 Å². The fourth-order valence-corrected chi connectivity index (χ4v) is 1.29. The molecule has 0 saturated carbocycles. The second kappa shape index (κ2) is 8.97. The second-order valence-electron chi connectivity index (χ2n) is 3.07. The molecule has 0 aliphatic rings. The Morgan fingerprint density at radius 2 is 1.71 bits per heavy atom. The summed E-state index contributed by atoms with van der Waals surface area (Å²) in [6, 6.07) is 12.8. The van der Waals surface area contributed by atoms with Crippen molar-refractivity contribution in [3.05, 3.63) is 62.1 Å². The van der Waals surface area contributed by atoms with Gasteiger partial charge in [-0.05, 0) is 0 Å². The smallest absolute Gasteiger partial charge is 0.459 e. The second-order valence-corrected chi connectivity index (χ2v) is 3.07. The van der Waals surface area contributed by atoms with Crippen molar-refractivity contribution in [2.45, 2.75) is 6.92 Å². The van der Waals surface area contributed by atoms with E-state index in [1.54, 1.807) is 0 Å². The number of hydrogen-bond donors (Lipinski definition) is 0. The van der Waals surface area contributed by atoms with Crippen molar-refractivity contribution in [1.29, 1.82) is 0 Å². The fraction of sp³-hybridized carbons (Fsp3) is 0.0769. The minimum atomic E-state index is 0. The maximum atomic E-state index is 4.30. The zero-order valence-corrected chi connectivity index (χ0v) is 15.7. The Kier molecular flexibility index (Phi) is 10.2. The monoisotopic (exact) mass is 470 g/mol. The normalized spacial score (nSPS) is 8.29. The van der Waals surface area contributed by atoms with Crippen LogP contribution in [0.4, 0.5) is 0 Å². The minimum Gasteiger partial charge on any atom is -0.459 e. The molecule has 1 heterocycles. The number of aromatic nitrogens is 2. The molecule has 4 heteroatoms. The summed E-state index contributed by atoms with van der Waals surface area (Å²) in [5, 5.41) is 0. The molecule has 1 aromatic heterocycles. The van der Waals surface area contributed by atoms with E-state index in [1.165, 1.54) is 0 Å². The first-order chi connectivity index (χ1) is 6.75. The molecule has 1 aromatic carbocycles. The Bertz CT molecular complexity index is 426. The van der Waals surface area contributed by atoms with E-state index in [0.717, 1.165) is 11.3 Å². The van der Waals surface area contributed by atoms with Gasteiger partial charge in [0.15, 0.2) is 5.82 Å². The van der Waals surface area contributed by atoms with Crippen LogP contribution in [0.25, 0.3) is 11.4 Å². The van der Waals surface area contributed by atoms with Crippen LogP contribution in [0.1, 0.15) is 11.4 Å². The predicted octanol–water partition coefficient (Wildman–Crippen LogP) is 2.88. The van der Waals surface area contributed by atoms with Crippen LogP contribution in [-0.4, -0.2) is 9.97 Å². The van der Waals surface area contributed by atoms with Gasteiger partial charge in [0.1, 0.15) is 0 Å². The molecule has 0 fully saturated rings. The van der Waals surface area contributed by atoms with Crippen molar-refractivity contribution < 1.29 is 53.8 Å². The van der Waals surface area contributed by atoms with Gasteiger partial charge >= 0.3 is 21.1 Å². The summed E-state index contributed by atoms with van der Waals surface area (Å²) in [4.78, 5) is 8.52. The molecule has 0 aliphatic carbocycles. The summed E-state index contributed by atoms with van der Waals surface area (Å²) in [5.74, 6) is 0.715. The van der Waals surface area contributed by atoms with Crippen LogP contribution >= 0.6 is 0 Å². The van der Waals surface area contributed by atoms with Gasteiger partial charge in [-0.2, -0.15) is 0 Å². The van der Waals surface area contributed by atoms with Crippen LogP contribution in [0.2, 0.25) is 0 Å². The van der Waals surface area contributed by atoms with Crippen molar-refractivity contribution in [2.75, 3.05) is 0 Å². The summed E-state index contributed by atoms with van der Waals surface area (Å²) < 4.78 is 0. The van der Waals surface area contributed by atoms with Gasteiger partial charge in [-0.25, -0.2) is 0 Å². The minimum absolute atomic E-state index is 0. The number of rotatable bonds is 1. The number of benzene rings is 1. The molecule has 1 radical (unpaired) electrons. The zero-order chi connectivity index (χ0) is 9.97. The fourth-order valence-electron chi connectivity index (χ4n) is 1.29. The Morgan fingerprint density at radius 1 is 1.12 bits per heavy atom. The third kappa shape index (κ3) is 5.42. The molecular weight excluding hydrogens is 457 g/mol. The predicted molar refractivity (Wildman–Crippen MR) is 61.9 cm³/mol. The SMILES string of the molecule is [CH2-]c1[c-]c(C)nc(-c2ccccc2)n1.[CH3-].[W+2].[Y]. The molecule has 2 aromatic rings. The molecule has 0 N–H and O–H groups in total. The van der Waals surface area contributed by atoms with E-state index in [2.05, 4.69) is 23.0 Å². The summed E-state index contributed by atoms with van der Waals surface area (Å²) in [6.07, 6.45) is 0. The average molecular weight is 470 g/mol. The molecule has 0 bridgehead atoms. The Balaban J connectivity index is 0. The molecule has 85 valence electrons. The van der Waals surface area contributed by atoms with Crippen LogP contribution in [0.3, 0.4) is 0 Å². The molecular formula is C13H13N2WY-. The van der Waals surface area contributed by atoms with Crippen LogP contribution < -0.4 is 0 Å². The van der Waals surface area contributed by atoms with Crippen LogP contribution in [0, 0.1) is 27.3 Å². The van der Waals surface area contributed by atoms with Crippen molar-refractivity contribution in [3.63, 3.8) is 0 Å². The van der Waals surface area contributed by atoms with Crippen LogP contribution in [-0.2, 0) is 53.8 Å². The maximum absolute atomic E-state index is 4.30. The summed E-state index contributed by atoms with van der Waals surface area (Å²) in [6.45, 7) is 5.65. The zero-order valence-electron chi connectivity index (χ0n) is 9.97. The number of hydrogen-bond acceptors (Lipinski definition) is 2. The van der Waals surface area contributed by atoms with Gasteiger partial charge < -0.3 is 25.4 Å². The third-order valence-corrected chi connectivity index (χ3v) is 1.87. The summed E-state index contributed by atoms with van der Waals surface area (Å²) in [7, 11) is 0. The van der Waals surface area contributed by atoms with Gasteiger partial charge in [0.2, 0.25) is 0 Å². The average Bonchev–Trinajstić information content (AvgIpc) is 2.18. The van der Waals surface area contributed by atoms with Crippen molar-refractivity contribution in [3.8, 4) is 11.4 Å². The largest absolute Gasteiger partial charge is 2.00 e. The number of aryl methyl sites for hydroxylation is 1. The van der Waals surface area contributed by atoms with Gasteiger partial charge in [-0.3, -0.25) is 10.7 Å². The first-order valence-electron chi connectivity index (χ1n) is 4.41. The molecule has 0 saturated heterocycles. The summed E-state index contributed by atoms with van der Waals surface area (Å²) in [5.41, 5.74) is 2.47. The molecule has 0 amide bonds. The quantitative estimate of drug-likeness (QED) is 0.600.